The molecule has 0 aliphatic heterocycles. The van der Waals surface area contributed by atoms with E-state index in [0.29, 0.717) is 17.1 Å². The molecule has 8 amide bonds. The second-order valence-electron chi connectivity index (χ2n) is 17.5. The number of aliphatic imine (C=N–C) groups is 1. The van der Waals surface area contributed by atoms with Crippen LogP contribution >= 0.6 is 37.0 Å². The fourth-order valence-corrected chi connectivity index (χ4v) is 7.73. The molecule has 0 aliphatic carbocycles. The first kappa shape index (κ1) is 64.5. The van der Waals surface area contributed by atoms with Crippen LogP contribution in [0.2, 0.25) is 0 Å². The second-order valence-corrected chi connectivity index (χ2v) is 19.2. The van der Waals surface area contributed by atoms with E-state index in [0.717, 1.165) is 0 Å². The van der Waals surface area contributed by atoms with Crippen molar-refractivity contribution in [2.75, 3.05) is 30.1 Å². The van der Waals surface area contributed by atoms with Crippen LogP contribution in [0.15, 0.2) is 30.0 Å². The van der Waals surface area contributed by atoms with Crippen molar-refractivity contribution in [3.8, 4) is 0 Å². The normalized spacial score (nSPS) is 15.1. The molecule has 0 spiro atoms. The Labute approximate surface area is 447 Å². The number of aromatic nitrogens is 4. The lowest BCUT2D eigenvalue weighted by molar-refractivity contribution is -0.143. The summed E-state index contributed by atoms with van der Waals surface area (Å²) in [4.78, 5) is 151. The number of aliphatic hydroxyl groups excluding tert-OH is 1. The SMILES string of the molecule is CSCC[C@H](NC(=O)[C@@H](N)CS)C(=O)N[C@H](C(=O)N[C@@H](CCCN=C(N)N)C(=O)N[C@@H](Cc1cnc[nH]1)C(=O)N[C@@H](Cc1cnc[nH]1)C(=O)N[C@@H](CC(C)C)C(=O)N[C@@H](CC(=O)O)C(=O)N[C@@H](CS)C(=O)O)[C@@H](C)O. The Kier molecular flexibility index (Phi) is 28.6. The molecule has 418 valence electrons. The molecule has 0 radical (unpaired) electrons. The van der Waals surface area contributed by atoms with E-state index in [1.165, 1.54) is 43.7 Å². The molecular formula is C43H70N16O13S3. The smallest absolute Gasteiger partial charge is 0.327 e. The predicted molar refractivity (Wildman–Crippen MR) is 280 cm³/mol. The van der Waals surface area contributed by atoms with E-state index in [9.17, 15) is 63.3 Å². The van der Waals surface area contributed by atoms with Gasteiger partial charge < -0.3 is 85.0 Å². The van der Waals surface area contributed by atoms with Crippen LogP contribution in [0.3, 0.4) is 0 Å². The summed E-state index contributed by atoms with van der Waals surface area (Å²) < 4.78 is 0. The highest BCUT2D eigenvalue weighted by Gasteiger charge is 2.37. The molecule has 75 heavy (non-hydrogen) atoms. The number of thioether (sulfide) groups is 1. The Bertz CT molecular complexity index is 2240. The highest BCUT2D eigenvalue weighted by atomic mass is 32.2. The molecule has 0 unspecified atom stereocenters. The number of hydrogen-bond acceptors (Lipinski definition) is 18. The summed E-state index contributed by atoms with van der Waals surface area (Å²) in [5, 5.41) is 49.3. The van der Waals surface area contributed by atoms with Gasteiger partial charge in [0, 0.05) is 54.7 Å². The van der Waals surface area contributed by atoms with Crippen LogP contribution in [0, 0.1) is 5.92 Å². The van der Waals surface area contributed by atoms with E-state index in [-0.39, 0.29) is 68.5 Å². The first-order chi connectivity index (χ1) is 35.4. The van der Waals surface area contributed by atoms with Crippen molar-refractivity contribution in [3.05, 3.63) is 36.4 Å². The Balaban J connectivity index is 2.53. The van der Waals surface area contributed by atoms with Crippen molar-refractivity contribution in [1.82, 2.24) is 62.5 Å². The van der Waals surface area contributed by atoms with Crippen molar-refractivity contribution in [2.45, 2.75) is 126 Å². The number of carboxylic acid groups (broad SMARTS) is 2. The average Bonchev–Trinajstić information content (AvgIpc) is 4.07. The molecule has 32 heteroatoms. The third-order valence-corrected chi connectivity index (χ3v) is 12.2. The number of imidazole rings is 2. The number of carboxylic acids is 2. The highest BCUT2D eigenvalue weighted by molar-refractivity contribution is 7.98. The lowest BCUT2D eigenvalue weighted by Gasteiger charge is -2.28. The Hall–Kier alpha value is -6.64. The molecule has 2 aromatic rings. The molecule has 19 N–H and O–H groups in total. The summed E-state index contributed by atoms with van der Waals surface area (Å²) in [7, 11) is 0. The summed E-state index contributed by atoms with van der Waals surface area (Å²) in [6.45, 7) is 4.60. The lowest BCUT2D eigenvalue weighted by Crippen LogP contribution is -2.62. The van der Waals surface area contributed by atoms with Gasteiger partial charge in [0.2, 0.25) is 47.3 Å². The standard InChI is InChI=1S/C43H70N16O13S3/c1-20(2)10-27(37(66)57-30(13-32(61)62)40(69)58-31(17-74)42(71)72)54-38(67)29(12-23-15-48-19-51-23)56-39(68)28(11-22-14-47-18-50-22)55-35(64)25(6-5-8-49-43(45)46)53-41(70)33(21(3)60)59-36(65)26(7-9-75-4)52-34(63)24(44)16-73/h14-15,18-21,24-31,33,60,73-74H,5-13,16-17,44H2,1-4H3,(H,47,50)(H,48,51)(H,52,63)(H,53,70)(H,54,67)(H,55,64)(H,56,68)(H,57,66)(H,58,69)(H,59,65)(H,61,62)(H,71,72)(H4,45,46,49)/t21-,24+,25+,26+,27+,28+,29+,30+,31+,33+/m1/s1. The fourth-order valence-electron chi connectivity index (χ4n) is 6.84. The van der Waals surface area contributed by atoms with Crippen molar-refractivity contribution in [2.24, 2.45) is 28.1 Å². The van der Waals surface area contributed by atoms with E-state index in [1.807, 2.05) is 0 Å². The number of carbonyl (C=O) groups is 10. The zero-order valence-electron chi connectivity index (χ0n) is 41.7. The van der Waals surface area contributed by atoms with Crippen LogP contribution in [0.4, 0.5) is 0 Å². The third-order valence-electron chi connectivity index (χ3n) is 10.8. The summed E-state index contributed by atoms with van der Waals surface area (Å²) in [5.74, 6) is -11.1. The Morgan fingerprint density at radius 1 is 0.640 bits per heavy atom. The summed E-state index contributed by atoms with van der Waals surface area (Å²) in [6.07, 6.45) is 3.97. The minimum Gasteiger partial charge on any atom is -0.481 e. The second kappa shape index (κ2) is 33.3. The number of aliphatic carboxylic acids is 2. The minimum atomic E-state index is -1.79. The first-order valence-electron chi connectivity index (χ1n) is 23.4. The highest BCUT2D eigenvalue weighted by Crippen LogP contribution is 2.11. The number of amides is 8. The van der Waals surface area contributed by atoms with Gasteiger partial charge in [-0.2, -0.15) is 37.0 Å². The van der Waals surface area contributed by atoms with Crippen LogP contribution < -0.4 is 59.7 Å². The summed E-state index contributed by atoms with van der Waals surface area (Å²) in [6, 6.07) is -13.3. The molecule has 10 atom stereocenters. The fraction of sp³-hybridized carbons (Fsp3) is 0.605. The molecule has 0 aliphatic rings. The van der Waals surface area contributed by atoms with E-state index < -0.39 is 126 Å². The van der Waals surface area contributed by atoms with Crippen LogP contribution in [-0.2, 0) is 60.8 Å². The number of carbonyl (C=O) groups excluding carboxylic acids is 8. The third kappa shape index (κ3) is 23.6. The monoisotopic (exact) mass is 1110 g/mol. The Morgan fingerprint density at radius 2 is 1.09 bits per heavy atom. The number of thiol groups is 2. The number of H-pyrrole nitrogens is 2. The average molecular weight is 1120 g/mol. The molecule has 0 saturated carbocycles. The van der Waals surface area contributed by atoms with Gasteiger partial charge in [-0.1, -0.05) is 13.8 Å². The van der Waals surface area contributed by atoms with Crippen LogP contribution in [0.1, 0.15) is 64.3 Å². The lowest BCUT2D eigenvalue weighted by atomic mass is 10.0. The summed E-state index contributed by atoms with van der Waals surface area (Å²) >= 11 is 9.30. The maximum absolute atomic E-state index is 14.5. The molecule has 2 rings (SSSR count). The van der Waals surface area contributed by atoms with Gasteiger partial charge >= 0.3 is 11.9 Å². The molecule has 29 nitrogen and oxygen atoms in total. The van der Waals surface area contributed by atoms with Crippen LogP contribution in [-0.4, -0.2) is 191 Å². The van der Waals surface area contributed by atoms with Gasteiger partial charge in [-0.05, 0) is 50.5 Å². The summed E-state index contributed by atoms with van der Waals surface area (Å²) in [5.41, 5.74) is 17.4. The molecule has 0 bridgehead atoms. The Morgan fingerprint density at radius 3 is 1.55 bits per heavy atom. The van der Waals surface area contributed by atoms with Gasteiger partial charge in [0.05, 0.1) is 31.2 Å². The zero-order chi connectivity index (χ0) is 56.4. The first-order valence-corrected chi connectivity index (χ1v) is 26.1. The van der Waals surface area contributed by atoms with E-state index in [4.69, 9.17) is 17.2 Å². The van der Waals surface area contributed by atoms with Crippen molar-refractivity contribution < 1.29 is 63.3 Å². The van der Waals surface area contributed by atoms with Crippen molar-refractivity contribution in [3.63, 3.8) is 0 Å². The predicted octanol–water partition coefficient (Wildman–Crippen LogP) is -5.22. The minimum absolute atomic E-state index is 0.0171. The van der Waals surface area contributed by atoms with Gasteiger partial charge in [-0.15, -0.1) is 0 Å². The van der Waals surface area contributed by atoms with Gasteiger partial charge in [0.25, 0.3) is 0 Å². The van der Waals surface area contributed by atoms with Gasteiger partial charge in [0.15, 0.2) is 5.96 Å². The van der Waals surface area contributed by atoms with Crippen molar-refractivity contribution in [1.29, 1.82) is 0 Å². The molecule has 2 aromatic heterocycles. The van der Waals surface area contributed by atoms with E-state index in [2.05, 4.69) is 92.7 Å². The maximum atomic E-state index is 14.5. The van der Waals surface area contributed by atoms with Gasteiger partial charge in [0.1, 0.15) is 48.3 Å². The quantitative estimate of drug-likeness (QED) is 0.0133. The van der Waals surface area contributed by atoms with Crippen LogP contribution in [0.25, 0.3) is 0 Å². The molecule has 0 aromatic carbocycles. The number of aromatic amines is 2. The molecule has 0 saturated heterocycles. The number of guanidine groups is 1. The van der Waals surface area contributed by atoms with E-state index in [1.54, 1.807) is 20.1 Å². The number of nitrogens with one attached hydrogen (secondary N) is 10. The van der Waals surface area contributed by atoms with Crippen LogP contribution in [0.5, 0.6) is 0 Å². The molecule has 0 fully saturated rings. The van der Waals surface area contributed by atoms with Gasteiger partial charge in [-0.3, -0.25) is 48.1 Å². The topological polar surface area (TPSA) is 475 Å². The number of nitrogens with zero attached hydrogens (tertiary/aromatic N) is 3. The van der Waals surface area contributed by atoms with Gasteiger partial charge in [-0.25, -0.2) is 14.8 Å². The number of nitrogens with two attached hydrogens (primary N) is 3. The molecular weight excluding hydrogens is 1040 g/mol. The number of aliphatic hydroxyl groups is 1. The largest absolute Gasteiger partial charge is 0.481 e. The molecule has 2 heterocycles. The number of rotatable bonds is 35. The number of hydrogen-bond donors (Lipinski definition) is 18. The zero-order valence-corrected chi connectivity index (χ0v) is 44.3. The van der Waals surface area contributed by atoms with Crippen molar-refractivity contribution >= 4 is 102 Å². The van der Waals surface area contributed by atoms with E-state index >= 15 is 0 Å². The maximum Gasteiger partial charge on any atom is 0.327 e.